The van der Waals surface area contributed by atoms with Crippen molar-refractivity contribution in [3.8, 4) is 17.2 Å². The summed E-state index contributed by atoms with van der Waals surface area (Å²) in [7, 11) is 3.05. The van der Waals surface area contributed by atoms with E-state index in [1.54, 1.807) is 31.4 Å². The van der Waals surface area contributed by atoms with E-state index in [0.717, 1.165) is 10.8 Å². The number of fused-ring (bicyclic) bond motifs is 1. The van der Waals surface area contributed by atoms with Crippen molar-refractivity contribution >= 4 is 22.4 Å². The fraction of sp³-hybridized carbons (Fsp3) is 0.105. The molecule has 0 saturated carbocycles. The summed E-state index contributed by atoms with van der Waals surface area (Å²) in [5.41, 5.74) is 0.558. The number of hydrogen-bond acceptors (Lipinski definition) is 4. The van der Waals surface area contributed by atoms with E-state index in [-0.39, 0.29) is 62.7 Å². The molecule has 1 amide bonds. The molecule has 0 spiro atoms. The molecular weight excluding hydrogens is 345 g/mol. The van der Waals surface area contributed by atoms with Crippen LogP contribution in [-0.4, -0.2) is 20.1 Å². The zero-order valence-electron chi connectivity index (χ0n) is 14.3. The van der Waals surface area contributed by atoms with E-state index in [0.29, 0.717) is 17.2 Å². The van der Waals surface area contributed by atoms with Crippen LogP contribution in [0.4, 0.5) is 5.69 Å². The summed E-state index contributed by atoms with van der Waals surface area (Å²) in [5.74, 6) is 0.268. The maximum Gasteiger partial charge on any atom is 1.00 e. The zero-order chi connectivity index (χ0) is 17.1. The molecule has 3 aromatic rings. The minimum absolute atomic E-state index is 0. The number of ether oxygens (including phenoxy) is 2. The molecule has 0 heterocycles. The van der Waals surface area contributed by atoms with E-state index >= 15 is 0 Å². The third-order valence-electron chi connectivity index (χ3n) is 3.75. The Morgan fingerprint density at radius 2 is 1.64 bits per heavy atom. The Bertz CT molecular complexity index is 911. The Morgan fingerprint density at radius 3 is 2.28 bits per heavy atom. The minimum atomic E-state index is -0.478. The molecule has 0 aromatic heterocycles. The van der Waals surface area contributed by atoms with Gasteiger partial charge in [0.25, 0.3) is 5.91 Å². The first kappa shape index (κ1) is 19.7. The van der Waals surface area contributed by atoms with E-state index in [1.807, 2.05) is 24.3 Å². The number of carbonyl (C=O) groups excluding carboxylic acids is 1. The smallest absolute Gasteiger partial charge is 0.872 e. The van der Waals surface area contributed by atoms with Gasteiger partial charge in [0.15, 0.2) is 0 Å². The first-order chi connectivity index (χ1) is 11.6. The van der Waals surface area contributed by atoms with Crippen LogP contribution in [-0.2, 0) is 0 Å². The molecule has 0 aliphatic heterocycles. The topological polar surface area (TPSA) is 70.6 Å². The van der Waals surface area contributed by atoms with E-state index in [1.165, 1.54) is 13.2 Å². The normalized spacial score (nSPS) is 10.0. The van der Waals surface area contributed by atoms with Gasteiger partial charge in [0.2, 0.25) is 0 Å². The number of methoxy groups -OCH3 is 2. The number of nitrogens with one attached hydrogen (secondary N) is 1. The minimum Gasteiger partial charge on any atom is -0.872 e. The summed E-state index contributed by atoms with van der Waals surface area (Å²) in [6.07, 6.45) is 0. The second-order valence-electron chi connectivity index (χ2n) is 5.22. The zero-order valence-corrected chi connectivity index (χ0v) is 17.5. The van der Waals surface area contributed by atoms with Crippen LogP contribution >= 0.6 is 0 Å². The van der Waals surface area contributed by atoms with Crippen molar-refractivity contribution in [1.82, 2.24) is 0 Å². The number of benzene rings is 3. The molecule has 25 heavy (non-hydrogen) atoms. The number of amides is 1. The van der Waals surface area contributed by atoms with Crippen LogP contribution in [0.2, 0.25) is 0 Å². The molecule has 0 bridgehead atoms. The molecular formula is C19H16KNO4. The van der Waals surface area contributed by atoms with Crippen molar-refractivity contribution in [3.05, 3.63) is 60.2 Å². The molecule has 0 atom stereocenters. The standard InChI is InChI=1S/C19H17NO4.K/c1-23-14-7-8-16(18(11-14)24-2)20-19(22)15-9-12-5-3-4-6-13(12)10-17(15)21;/h3-11,21H,1-2H3,(H,20,22);/q;+1/p-1. The first-order valence-corrected chi connectivity index (χ1v) is 7.35. The summed E-state index contributed by atoms with van der Waals surface area (Å²) in [4.78, 5) is 12.5. The molecule has 6 heteroatoms. The van der Waals surface area contributed by atoms with Crippen LogP contribution in [0.5, 0.6) is 17.2 Å². The molecule has 122 valence electrons. The van der Waals surface area contributed by atoms with Gasteiger partial charge in [-0.2, -0.15) is 0 Å². The van der Waals surface area contributed by atoms with E-state index in [2.05, 4.69) is 5.32 Å². The van der Waals surface area contributed by atoms with E-state index < -0.39 is 5.91 Å². The average molecular weight is 361 g/mol. The fourth-order valence-electron chi connectivity index (χ4n) is 2.49. The summed E-state index contributed by atoms with van der Waals surface area (Å²) in [6.45, 7) is 0. The van der Waals surface area contributed by atoms with Crippen molar-refractivity contribution in [1.29, 1.82) is 0 Å². The molecule has 5 nitrogen and oxygen atoms in total. The molecule has 3 rings (SSSR count). The number of anilines is 1. The average Bonchev–Trinajstić information content (AvgIpc) is 2.61. The summed E-state index contributed by atoms with van der Waals surface area (Å²) in [5, 5.41) is 16.6. The molecule has 0 aliphatic rings. The van der Waals surface area contributed by atoms with E-state index in [4.69, 9.17) is 9.47 Å². The third kappa shape index (κ3) is 4.34. The van der Waals surface area contributed by atoms with Gasteiger partial charge >= 0.3 is 51.4 Å². The van der Waals surface area contributed by atoms with E-state index in [9.17, 15) is 9.90 Å². The van der Waals surface area contributed by atoms with Gasteiger partial charge in [-0.3, -0.25) is 4.79 Å². The predicted molar refractivity (Wildman–Crippen MR) is 90.9 cm³/mol. The quantitative estimate of drug-likeness (QED) is 0.674. The maximum absolute atomic E-state index is 12.5. The Labute approximate surface area is 188 Å². The van der Waals surface area contributed by atoms with Crippen molar-refractivity contribution in [3.63, 3.8) is 0 Å². The first-order valence-electron chi connectivity index (χ1n) is 7.35. The molecule has 0 unspecified atom stereocenters. The molecule has 0 aliphatic carbocycles. The van der Waals surface area contributed by atoms with Crippen molar-refractivity contribution in [2.24, 2.45) is 0 Å². The van der Waals surface area contributed by atoms with Crippen molar-refractivity contribution < 1.29 is 70.8 Å². The molecule has 3 aromatic carbocycles. The maximum atomic E-state index is 12.5. The monoisotopic (exact) mass is 361 g/mol. The van der Waals surface area contributed by atoms with Crippen LogP contribution in [0.1, 0.15) is 10.4 Å². The largest absolute Gasteiger partial charge is 1.00 e. The van der Waals surface area contributed by atoms with Crippen LogP contribution in [0.15, 0.2) is 54.6 Å². The number of hydrogen-bond donors (Lipinski definition) is 1. The van der Waals surface area contributed by atoms with Crippen LogP contribution in [0.25, 0.3) is 10.8 Å². The molecule has 0 radical (unpaired) electrons. The van der Waals surface area contributed by atoms with Gasteiger partial charge in [-0.1, -0.05) is 36.1 Å². The second kappa shape index (κ2) is 8.69. The molecule has 0 saturated heterocycles. The third-order valence-corrected chi connectivity index (χ3v) is 3.75. The van der Waals surface area contributed by atoms with Gasteiger partial charge in [-0.05, 0) is 29.0 Å². The number of carbonyl (C=O) groups is 1. The Morgan fingerprint density at radius 1 is 0.960 bits per heavy atom. The van der Waals surface area contributed by atoms with Gasteiger partial charge in [0, 0.05) is 11.6 Å². The van der Waals surface area contributed by atoms with Gasteiger partial charge in [-0.25, -0.2) is 0 Å². The van der Waals surface area contributed by atoms with Crippen LogP contribution < -0.4 is 71.3 Å². The number of rotatable bonds is 4. The predicted octanol–water partition coefficient (Wildman–Crippen LogP) is 0.187. The van der Waals surface area contributed by atoms with Crippen molar-refractivity contribution in [2.75, 3.05) is 19.5 Å². The van der Waals surface area contributed by atoms with Gasteiger partial charge in [0.1, 0.15) is 11.5 Å². The Kier molecular flexibility index (Phi) is 6.86. The Balaban J connectivity index is 0.00000225. The molecule has 1 N–H and O–H groups in total. The van der Waals surface area contributed by atoms with Crippen LogP contribution in [0.3, 0.4) is 0 Å². The van der Waals surface area contributed by atoms with Gasteiger partial charge in [0.05, 0.1) is 19.9 Å². The SMILES string of the molecule is COc1ccc(NC(=O)c2cc3ccccc3cc2[O-])c(OC)c1.[K+]. The van der Waals surface area contributed by atoms with Crippen LogP contribution in [0, 0.1) is 0 Å². The molecule has 0 fully saturated rings. The van der Waals surface area contributed by atoms with Crippen molar-refractivity contribution in [2.45, 2.75) is 0 Å². The van der Waals surface area contributed by atoms with Gasteiger partial charge < -0.3 is 19.9 Å². The summed E-state index contributed by atoms with van der Waals surface area (Å²) >= 11 is 0. The summed E-state index contributed by atoms with van der Waals surface area (Å²) in [6, 6.07) is 15.5. The fourth-order valence-corrected chi connectivity index (χ4v) is 2.49. The second-order valence-corrected chi connectivity index (χ2v) is 5.22. The Hall–Kier alpha value is -1.57. The van der Waals surface area contributed by atoms with Gasteiger partial charge in [-0.15, -0.1) is 0 Å². The summed E-state index contributed by atoms with van der Waals surface area (Å²) < 4.78 is 10.4.